The van der Waals surface area contributed by atoms with Gasteiger partial charge in [0, 0.05) is 17.9 Å². The molecule has 4 nitrogen and oxygen atoms in total. The molecule has 1 aliphatic rings. The van der Waals surface area contributed by atoms with Crippen LogP contribution in [0.1, 0.15) is 15.9 Å². The zero-order valence-corrected chi connectivity index (χ0v) is 10.5. The van der Waals surface area contributed by atoms with E-state index in [-0.39, 0.29) is 0 Å². The van der Waals surface area contributed by atoms with Crippen LogP contribution in [0, 0.1) is 0 Å². The lowest BCUT2D eigenvalue weighted by Crippen LogP contribution is -2.20. The minimum Gasteiger partial charge on any atom is -0.399 e. The van der Waals surface area contributed by atoms with Gasteiger partial charge in [0.2, 0.25) is 0 Å². The first-order valence-corrected chi connectivity index (χ1v) is 6.21. The third-order valence-corrected chi connectivity index (χ3v) is 3.47. The Morgan fingerprint density at radius 1 is 1.11 bits per heavy atom. The highest BCUT2D eigenvalue weighted by molar-refractivity contribution is 6.00. The van der Waals surface area contributed by atoms with Crippen LogP contribution in [0.25, 0.3) is 0 Å². The number of nitrogen functional groups attached to an aromatic ring is 1. The number of nitrogens with zero attached hydrogens (tertiary/aromatic N) is 1. The molecule has 0 fully saturated rings. The van der Waals surface area contributed by atoms with Gasteiger partial charge in [-0.2, -0.15) is 0 Å². The lowest BCUT2D eigenvalue weighted by Gasteiger charge is -2.22. The predicted octanol–water partition coefficient (Wildman–Crippen LogP) is 2.06. The summed E-state index contributed by atoms with van der Waals surface area (Å²) in [4.78, 5) is 13.7. The van der Waals surface area contributed by atoms with Gasteiger partial charge >= 0.3 is 0 Å². The van der Waals surface area contributed by atoms with E-state index in [4.69, 9.17) is 11.5 Å². The Balaban J connectivity index is 2.13. The number of benzene rings is 2. The first-order valence-electron chi connectivity index (χ1n) is 6.21. The lowest BCUT2D eigenvalue weighted by atomic mass is 10.1. The highest BCUT2D eigenvalue weighted by atomic mass is 16.1. The summed E-state index contributed by atoms with van der Waals surface area (Å²) in [5, 5.41) is 0. The molecule has 4 N–H and O–H groups in total. The van der Waals surface area contributed by atoms with Crippen LogP contribution in [0.4, 0.5) is 17.1 Å². The zero-order chi connectivity index (χ0) is 13.4. The van der Waals surface area contributed by atoms with Crippen molar-refractivity contribution in [3.05, 3.63) is 53.6 Å². The second-order valence-corrected chi connectivity index (χ2v) is 4.67. The van der Waals surface area contributed by atoms with Gasteiger partial charge in [-0.25, -0.2) is 0 Å². The van der Waals surface area contributed by atoms with Crippen LogP contribution in [0.15, 0.2) is 42.5 Å². The number of primary amides is 1. The number of carbonyl (C=O) groups is 1. The van der Waals surface area contributed by atoms with Gasteiger partial charge in [0.15, 0.2) is 0 Å². The molecular weight excluding hydrogens is 238 g/mol. The number of amides is 1. The minimum absolute atomic E-state index is 0.431. The summed E-state index contributed by atoms with van der Waals surface area (Å²) in [6.45, 7) is 0.836. The fourth-order valence-electron chi connectivity index (χ4n) is 2.57. The molecule has 96 valence electrons. The van der Waals surface area contributed by atoms with E-state index in [1.54, 1.807) is 12.1 Å². The first-order chi connectivity index (χ1) is 9.16. The number of carbonyl (C=O) groups excluding carboxylic acids is 1. The topological polar surface area (TPSA) is 72.3 Å². The number of para-hydroxylation sites is 1. The van der Waals surface area contributed by atoms with Gasteiger partial charge in [-0.1, -0.05) is 18.2 Å². The number of hydrogen-bond donors (Lipinski definition) is 2. The first kappa shape index (κ1) is 11.6. The molecule has 1 heterocycles. The Morgan fingerprint density at radius 3 is 2.68 bits per heavy atom. The molecule has 0 radical (unpaired) electrons. The summed E-state index contributed by atoms with van der Waals surface area (Å²) < 4.78 is 0. The van der Waals surface area contributed by atoms with Gasteiger partial charge in [0.1, 0.15) is 0 Å². The van der Waals surface area contributed by atoms with E-state index in [1.165, 1.54) is 5.56 Å². The second-order valence-electron chi connectivity index (χ2n) is 4.67. The summed E-state index contributed by atoms with van der Waals surface area (Å²) >= 11 is 0. The average Bonchev–Trinajstić information content (AvgIpc) is 2.82. The fourth-order valence-corrected chi connectivity index (χ4v) is 2.57. The number of hydrogen-bond acceptors (Lipinski definition) is 3. The van der Waals surface area contributed by atoms with Crippen molar-refractivity contribution in [2.75, 3.05) is 17.2 Å². The normalized spacial score (nSPS) is 13.4. The lowest BCUT2D eigenvalue weighted by molar-refractivity contribution is 0.100. The standard InChI is InChI=1S/C15H15N3O/c16-11-5-6-12(15(17)19)14(9-11)18-8-7-10-3-1-2-4-13(10)18/h1-6,9H,7-8,16H2,(H2,17,19). The predicted molar refractivity (Wildman–Crippen MR) is 76.5 cm³/mol. The van der Waals surface area contributed by atoms with Crippen molar-refractivity contribution in [1.29, 1.82) is 0 Å². The third-order valence-electron chi connectivity index (χ3n) is 3.47. The molecule has 0 atom stereocenters. The Bertz CT molecular complexity index is 652. The third kappa shape index (κ3) is 1.91. The van der Waals surface area contributed by atoms with Crippen LogP contribution in [0.2, 0.25) is 0 Å². The SMILES string of the molecule is NC(=O)c1ccc(N)cc1N1CCc2ccccc21. The van der Waals surface area contributed by atoms with Gasteiger partial charge in [-0.15, -0.1) is 0 Å². The summed E-state index contributed by atoms with van der Waals surface area (Å²) in [5.41, 5.74) is 15.6. The van der Waals surface area contributed by atoms with Crippen molar-refractivity contribution < 1.29 is 4.79 Å². The molecule has 0 saturated heterocycles. The van der Waals surface area contributed by atoms with E-state index in [9.17, 15) is 4.79 Å². The van der Waals surface area contributed by atoms with Crippen LogP contribution < -0.4 is 16.4 Å². The second kappa shape index (κ2) is 4.31. The van der Waals surface area contributed by atoms with Crippen LogP contribution >= 0.6 is 0 Å². The molecule has 0 unspecified atom stereocenters. The van der Waals surface area contributed by atoms with Crippen LogP contribution in [-0.4, -0.2) is 12.5 Å². The molecule has 0 spiro atoms. The number of anilines is 3. The maximum atomic E-state index is 11.6. The van der Waals surface area contributed by atoms with Crippen molar-refractivity contribution in [2.45, 2.75) is 6.42 Å². The number of fused-ring (bicyclic) bond motifs is 1. The molecule has 1 aliphatic heterocycles. The van der Waals surface area contributed by atoms with E-state index >= 15 is 0 Å². The van der Waals surface area contributed by atoms with E-state index in [0.717, 1.165) is 24.3 Å². The van der Waals surface area contributed by atoms with Crippen molar-refractivity contribution in [1.82, 2.24) is 0 Å². The van der Waals surface area contributed by atoms with Crippen LogP contribution in [0.5, 0.6) is 0 Å². The molecule has 1 amide bonds. The van der Waals surface area contributed by atoms with Gasteiger partial charge in [0.25, 0.3) is 5.91 Å². The smallest absolute Gasteiger partial charge is 0.250 e. The monoisotopic (exact) mass is 253 g/mol. The molecule has 19 heavy (non-hydrogen) atoms. The Kier molecular flexibility index (Phi) is 2.63. The van der Waals surface area contributed by atoms with Gasteiger partial charge in [-0.3, -0.25) is 4.79 Å². The van der Waals surface area contributed by atoms with E-state index in [1.807, 2.05) is 18.2 Å². The Labute approximate surface area is 111 Å². The molecule has 0 aromatic heterocycles. The molecule has 2 aromatic rings. The van der Waals surface area contributed by atoms with Crippen molar-refractivity contribution in [3.8, 4) is 0 Å². The molecular formula is C15H15N3O. The average molecular weight is 253 g/mol. The highest BCUT2D eigenvalue weighted by Gasteiger charge is 2.23. The van der Waals surface area contributed by atoms with E-state index in [0.29, 0.717) is 11.3 Å². The Hall–Kier alpha value is -2.49. The minimum atomic E-state index is -0.431. The van der Waals surface area contributed by atoms with Gasteiger partial charge in [-0.05, 0) is 36.2 Å². The Morgan fingerprint density at radius 2 is 1.89 bits per heavy atom. The fraction of sp³-hybridized carbons (Fsp3) is 0.133. The van der Waals surface area contributed by atoms with E-state index in [2.05, 4.69) is 17.0 Å². The maximum Gasteiger partial charge on any atom is 0.250 e. The number of rotatable bonds is 2. The summed E-state index contributed by atoms with van der Waals surface area (Å²) in [7, 11) is 0. The van der Waals surface area contributed by atoms with Crippen molar-refractivity contribution in [2.24, 2.45) is 5.73 Å². The summed E-state index contributed by atoms with van der Waals surface area (Å²) in [6.07, 6.45) is 0.961. The zero-order valence-electron chi connectivity index (χ0n) is 10.5. The molecule has 2 aromatic carbocycles. The largest absolute Gasteiger partial charge is 0.399 e. The molecule has 0 bridgehead atoms. The van der Waals surface area contributed by atoms with Crippen molar-refractivity contribution in [3.63, 3.8) is 0 Å². The van der Waals surface area contributed by atoms with E-state index < -0.39 is 5.91 Å². The quantitative estimate of drug-likeness (QED) is 0.805. The van der Waals surface area contributed by atoms with Crippen LogP contribution in [-0.2, 0) is 6.42 Å². The molecule has 0 aliphatic carbocycles. The molecule has 3 rings (SSSR count). The van der Waals surface area contributed by atoms with Gasteiger partial charge < -0.3 is 16.4 Å². The summed E-state index contributed by atoms with van der Waals surface area (Å²) in [5.74, 6) is -0.431. The summed E-state index contributed by atoms with van der Waals surface area (Å²) in [6, 6.07) is 13.4. The van der Waals surface area contributed by atoms with Gasteiger partial charge in [0.05, 0.1) is 11.3 Å². The van der Waals surface area contributed by atoms with Crippen molar-refractivity contribution >= 4 is 23.0 Å². The number of nitrogens with two attached hydrogens (primary N) is 2. The highest BCUT2D eigenvalue weighted by Crippen LogP contribution is 2.36. The van der Waals surface area contributed by atoms with Crippen LogP contribution in [0.3, 0.4) is 0 Å². The maximum absolute atomic E-state index is 11.6. The molecule has 0 saturated carbocycles. The molecule has 4 heteroatoms.